The summed E-state index contributed by atoms with van der Waals surface area (Å²) >= 11 is 1.30. The molecule has 0 saturated carbocycles. The zero-order valence-corrected chi connectivity index (χ0v) is 19.8. The van der Waals surface area contributed by atoms with Crippen LogP contribution in [-0.4, -0.2) is 40.9 Å². The fourth-order valence-electron chi connectivity index (χ4n) is 3.83. The van der Waals surface area contributed by atoms with E-state index in [0.717, 1.165) is 16.9 Å². The van der Waals surface area contributed by atoms with E-state index in [2.05, 4.69) is 59.4 Å². The van der Waals surface area contributed by atoms with Gasteiger partial charge in [-0.1, -0.05) is 62.0 Å². The van der Waals surface area contributed by atoms with Gasteiger partial charge in [-0.3, -0.25) is 14.6 Å². The van der Waals surface area contributed by atoms with E-state index < -0.39 is 0 Å². The van der Waals surface area contributed by atoms with Gasteiger partial charge in [-0.25, -0.2) is 10.9 Å². The molecule has 2 aliphatic heterocycles. The van der Waals surface area contributed by atoms with E-state index in [-0.39, 0.29) is 29.7 Å². The van der Waals surface area contributed by atoms with Crippen molar-refractivity contribution in [2.45, 2.75) is 44.8 Å². The molecule has 1 saturated heterocycles. The molecule has 1 fully saturated rings. The zero-order chi connectivity index (χ0) is 23.4. The molecule has 0 radical (unpaired) electrons. The number of hydrogen-bond acceptors (Lipinski definition) is 7. The number of amidine groups is 1. The van der Waals surface area contributed by atoms with Gasteiger partial charge in [-0.05, 0) is 41.2 Å². The molecule has 0 spiro atoms. The van der Waals surface area contributed by atoms with Crippen LogP contribution in [0.4, 0.5) is 0 Å². The second-order valence-corrected chi connectivity index (χ2v) is 9.35. The Bertz CT molecular complexity index is 1020. The van der Waals surface area contributed by atoms with Crippen LogP contribution in [0.1, 0.15) is 48.9 Å². The van der Waals surface area contributed by atoms with E-state index >= 15 is 0 Å². The van der Waals surface area contributed by atoms with Crippen molar-refractivity contribution in [2.75, 3.05) is 12.9 Å². The van der Waals surface area contributed by atoms with Gasteiger partial charge in [-0.2, -0.15) is 0 Å². The molecule has 2 heterocycles. The largest absolute Gasteiger partial charge is 0.497 e. The molecule has 0 aliphatic carbocycles. The number of thioether (sulfide) groups is 1. The fourth-order valence-corrected chi connectivity index (χ4v) is 4.63. The predicted molar refractivity (Wildman–Crippen MR) is 130 cm³/mol. The summed E-state index contributed by atoms with van der Waals surface area (Å²) in [5, 5.41) is 9.47. The molecule has 9 heteroatoms. The Labute approximate surface area is 198 Å². The average Bonchev–Trinajstić information content (AvgIpc) is 3.29. The Morgan fingerprint density at radius 3 is 2.61 bits per heavy atom. The van der Waals surface area contributed by atoms with Gasteiger partial charge < -0.3 is 10.1 Å². The number of nitrogens with zero attached hydrogens (tertiary/aromatic N) is 2. The third-order valence-corrected chi connectivity index (χ3v) is 6.78. The molecule has 33 heavy (non-hydrogen) atoms. The Kier molecular flexibility index (Phi) is 7.20. The molecule has 2 amide bonds. The lowest BCUT2D eigenvalue weighted by atomic mass is 9.97. The number of carbonyl (C=O) groups is 2. The van der Waals surface area contributed by atoms with Crippen LogP contribution >= 0.6 is 11.8 Å². The first-order valence-corrected chi connectivity index (χ1v) is 12.0. The highest BCUT2D eigenvalue weighted by molar-refractivity contribution is 8.14. The lowest BCUT2D eigenvalue weighted by Gasteiger charge is -2.29. The van der Waals surface area contributed by atoms with Crippen molar-refractivity contribution in [1.29, 1.82) is 0 Å². The maximum atomic E-state index is 12.4. The number of ether oxygens (including phenoxy) is 1. The van der Waals surface area contributed by atoms with Crippen molar-refractivity contribution in [3.05, 3.63) is 65.2 Å². The van der Waals surface area contributed by atoms with Gasteiger partial charge in [0.1, 0.15) is 11.8 Å². The van der Waals surface area contributed by atoms with Crippen LogP contribution in [0.25, 0.3) is 0 Å². The average molecular weight is 468 g/mol. The molecule has 174 valence electrons. The molecule has 4 rings (SSSR count). The Morgan fingerprint density at radius 2 is 1.94 bits per heavy atom. The van der Waals surface area contributed by atoms with Gasteiger partial charge in [0.15, 0.2) is 5.17 Å². The maximum Gasteiger partial charge on any atom is 0.264 e. The Balaban J connectivity index is 1.32. The summed E-state index contributed by atoms with van der Waals surface area (Å²) in [5.74, 6) is 1.20. The summed E-state index contributed by atoms with van der Waals surface area (Å²) in [6, 6.07) is 15.7. The van der Waals surface area contributed by atoms with Crippen LogP contribution in [0.15, 0.2) is 53.6 Å². The molecule has 2 unspecified atom stereocenters. The van der Waals surface area contributed by atoms with Crippen LogP contribution in [0, 0.1) is 0 Å². The number of hydrazone groups is 1. The molecule has 0 aromatic heterocycles. The van der Waals surface area contributed by atoms with E-state index in [1.54, 1.807) is 12.1 Å². The molecule has 2 aliphatic rings. The third-order valence-electron chi connectivity index (χ3n) is 5.82. The molecular weight excluding hydrogens is 438 g/mol. The van der Waals surface area contributed by atoms with E-state index in [1.807, 2.05) is 24.3 Å². The van der Waals surface area contributed by atoms with Crippen molar-refractivity contribution in [3.63, 3.8) is 0 Å². The number of hydrogen-bond donors (Lipinski definition) is 3. The highest BCUT2D eigenvalue weighted by atomic mass is 32.2. The molecule has 0 bridgehead atoms. The predicted octanol–water partition coefficient (Wildman–Crippen LogP) is 2.89. The quantitative estimate of drug-likeness (QED) is 0.580. The lowest BCUT2D eigenvalue weighted by Crippen LogP contribution is -2.52. The molecule has 8 nitrogen and oxygen atoms in total. The minimum absolute atomic E-state index is 0.00904. The summed E-state index contributed by atoms with van der Waals surface area (Å²) in [7, 11) is 1.62. The first-order valence-electron chi connectivity index (χ1n) is 11.0. The molecule has 2 atom stereocenters. The highest BCUT2D eigenvalue weighted by Gasteiger charge is 2.41. The first kappa shape index (κ1) is 23.1. The van der Waals surface area contributed by atoms with Crippen LogP contribution in [0.2, 0.25) is 0 Å². The van der Waals surface area contributed by atoms with Crippen molar-refractivity contribution in [1.82, 2.24) is 21.2 Å². The van der Waals surface area contributed by atoms with Crippen LogP contribution < -0.4 is 20.9 Å². The van der Waals surface area contributed by atoms with Gasteiger partial charge in [0.05, 0.1) is 18.9 Å². The number of nitrogens with one attached hydrogen (secondary N) is 3. The van der Waals surface area contributed by atoms with Crippen molar-refractivity contribution < 1.29 is 14.3 Å². The van der Waals surface area contributed by atoms with Crippen LogP contribution in [0.5, 0.6) is 5.75 Å². The van der Waals surface area contributed by atoms with Crippen molar-refractivity contribution in [2.24, 2.45) is 5.10 Å². The summed E-state index contributed by atoms with van der Waals surface area (Å²) < 4.78 is 5.15. The second kappa shape index (κ2) is 10.3. The summed E-state index contributed by atoms with van der Waals surface area (Å²) in [4.78, 5) is 24.8. The minimum atomic E-state index is -0.359. The molecular formula is C24H29N5O3S. The molecule has 3 N–H and O–H groups in total. The van der Waals surface area contributed by atoms with E-state index in [4.69, 9.17) is 4.74 Å². The van der Waals surface area contributed by atoms with Gasteiger partial charge in [0, 0.05) is 6.54 Å². The third kappa shape index (κ3) is 5.48. The van der Waals surface area contributed by atoms with Crippen LogP contribution in [0.3, 0.4) is 0 Å². The van der Waals surface area contributed by atoms with Gasteiger partial charge in [0.2, 0.25) is 5.91 Å². The summed E-state index contributed by atoms with van der Waals surface area (Å²) in [6.45, 7) is 4.77. The fraction of sp³-hybridized carbons (Fsp3) is 0.375. The SMILES string of the molecule is COc1ccc(CNC(=O)CSC2=NNC(=O)C3CC(c4ccc(C(C)C)cc4)NN23)cc1. The lowest BCUT2D eigenvalue weighted by molar-refractivity contribution is -0.125. The number of methoxy groups -OCH3 is 1. The normalized spacial score (nSPS) is 19.7. The molecule has 2 aromatic carbocycles. The number of hydrazine groups is 1. The maximum absolute atomic E-state index is 12.4. The smallest absolute Gasteiger partial charge is 0.264 e. The highest BCUT2D eigenvalue weighted by Crippen LogP contribution is 2.31. The number of fused-ring (bicyclic) bond motifs is 1. The Morgan fingerprint density at radius 1 is 1.21 bits per heavy atom. The summed E-state index contributed by atoms with van der Waals surface area (Å²) in [6.07, 6.45) is 0.635. The summed E-state index contributed by atoms with van der Waals surface area (Å²) in [5.41, 5.74) is 9.40. The standard InChI is InChI=1S/C24H29N5O3S/c1-15(2)17-6-8-18(9-7-17)20-12-21-23(31)26-27-24(29(21)28-20)33-14-22(30)25-13-16-4-10-19(32-3)11-5-16/h4-11,15,20-21,28H,12-14H2,1-3H3,(H,25,30)(H,26,31). The van der Waals surface area contributed by atoms with Crippen molar-refractivity contribution >= 4 is 28.7 Å². The van der Waals surface area contributed by atoms with Crippen molar-refractivity contribution in [3.8, 4) is 5.75 Å². The number of rotatable bonds is 7. The van der Waals surface area contributed by atoms with E-state index in [1.165, 1.54) is 17.3 Å². The topological polar surface area (TPSA) is 95.1 Å². The van der Waals surface area contributed by atoms with Gasteiger partial charge >= 0.3 is 0 Å². The monoisotopic (exact) mass is 467 g/mol. The number of benzene rings is 2. The molecule has 2 aromatic rings. The Hall–Kier alpha value is -3.04. The van der Waals surface area contributed by atoms with Gasteiger partial charge in [0.25, 0.3) is 5.91 Å². The number of carbonyl (C=O) groups excluding carboxylic acids is 2. The minimum Gasteiger partial charge on any atom is -0.497 e. The first-order chi connectivity index (χ1) is 15.9. The van der Waals surface area contributed by atoms with E-state index in [9.17, 15) is 9.59 Å². The van der Waals surface area contributed by atoms with E-state index in [0.29, 0.717) is 24.1 Å². The van der Waals surface area contributed by atoms with Crippen LogP contribution in [-0.2, 0) is 16.1 Å². The second-order valence-electron chi connectivity index (χ2n) is 8.41. The number of amides is 2. The zero-order valence-electron chi connectivity index (χ0n) is 19.0. The van der Waals surface area contributed by atoms with Gasteiger partial charge in [-0.15, -0.1) is 5.10 Å².